The van der Waals surface area contributed by atoms with Gasteiger partial charge in [0.1, 0.15) is 0 Å². The van der Waals surface area contributed by atoms with Crippen molar-refractivity contribution in [2.45, 2.75) is 32.5 Å². The minimum absolute atomic E-state index is 0. The summed E-state index contributed by atoms with van der Waals surface area (Å²) in [5, 5.41) is 18.3. The first kappa shape index (κ1) is 19.9. The Morgan fingerprint density at radius 3 is 2.22 bits per heavy atom. The van der Waals surface area contributed by atoms with E-state index in [0.717, 1.165) is 10.6 Å². The summed E-state index contributed by atoms with van der Waals surface area (Å²) in [4.78, 5) is 5.43. The average Bonchev–Trinajstić information content (AvgIpc) is 2.91. The molecule has 0 aliphatic rings. The van der Waals surface area contributed by atoms with Crippen LogP contribution in [-0.4, -0.2) is 27.4 Å². The van der Waals surface area contributed by atoms with Crippen LogP contribution in [0.4, 0.5) is 0 Å². The van der Waals surface area contributed by atoms with Crippen molar-refractivity contribution in [3.05, 3.63) is 54.7 Å². The molecule has 0 saturated carbocycles. The molecule has 3 aromatic rings. The second kappa shape index (κ2) is 9.91. The van der Waals surface area contributed by atoms with Gasteiger partial charge in [-0.05, 0) is 35.9 Å². The second-order valence-corrected chi connectivity index (χ2v) is 6.25. The first-order chi connectivity index (χ1) is 10.6. The SMILES string of the molecule is CC(O)CC(C)O.[Ir].[c-]1c(-c2ccccn2)sc2ccccc12. The van der Waals surface area contributed by atoms with Crippen LogP contribution in [-0.2, 0) is 20.1 Å². The molecule has 0 aliphatic heterocycles. The molecule has 0 amide bonds. The van der Waals surface area contributed by atoms with Crippen LogP contribution in [0.2, 0.25) is 0 Å². The molecule has 0 saturated heterocycles. The van der Waals surface area contributed by atoms with E-state index in [2.05, 4.69) is 29.2 Å². The minimum Gasteiger partial charge on any atom is -0.393 e. The number of nitrogens with zero attached hydrogens (tertiary/aromatic N) is 1. The van der Waals surface area contributed by atoms with Crippen LogP contribution in [0.25, 0.3) is 20.7 Å². The van der Waals surface area contributed by atoms with Gasteiger partial charge in [0.2, 0.25) is 0 Å². The molecule has 1 radical (unpaired) electrons. The smallest absolute Gasteiger partial charge is 0.0536 e. The minimum atomic E-state index is -0.375. The van der Waals surface area contributed by atoms with Gasteiger partial charge in [-0.3, -0.25) is 0 Å². The molecular weight excluding hydrogens is 486 g/mol. The maximum atomic E-state index is 8.56. The monoisotopic (exact) mass is 507 g/mol. The summed E-state index contributed by atoms with van der Waals surface area (Å²) in [6, 6.07) is 17.6. The van der Waals surface area contributed by atoms with Crippen molar-refractivity contribution in [1.82, 2.24) is 4.98 Å². The van der Waals surface area contributed by atoms with Gasteiger partial charge in [0.25, 0.3) is 0 Å². The molecule has 2 unspecified atom stereocenters. The Bertz CT molecular complexity index is 659. The van der Waals surface area contributed by atoms with E-state index in [1.165, 1.54) is 10.1 Å². The number of benzene rings is 1. The number of thiophene rings is 1. The fraction of sp³-hybridized carbons (Fsp3) is 0.278. The van der Waals surface area contributed by atoms with E-state index < -0.39 is 0 Å². The van der Waals surface area contributed by atoms with Crippen molar-refractivity contribution in [3.8, 4) is 10.6 Å². The zero-order valence-corrected chi connectivity index (χ0v) is 16.3. The number of fused-ring (bicyclic) bond motifs is 1. The van der Waals surface area contributed by atoms with Crippen LogP contribution in [0.1, 0.15) is 20.3 Å². The molecule has 3 nitrogen and oxygen atoms in total. The largest absolute Gasteiger partial charge is 0.393 e. The van der Waals surface area contributed by atoms with Crippen molar-refractivity contribution < 1.29 is 30.3 Å². The zero-order valence-electron chi connectivity index (χ0n) is 13.1. The predicted molar refractivity (Wildman–Crippen MR) is 91.9 cm³/mol. The third kappa shape index (κ3) is 6.50. The van der Waals surface area contributed by atoms with Gasteiger partial charge in [-0.2, -0.15) is 0 Å². The van der Waals surface area contributed by atoms with Crippen molar-refractivity contribution in [2.75, 3.05) is 0 Å². The van der Waals surface area contributed by atoms with E-state index in [4.69, 9.17) is 10.2 Å². The van der Waals surface area contributed by atoms with Crippen molar-refractivity contribution in [1.29, 1.82) is 0 Å². The third-order valence-corrected chi connectivity index (χ3v) is 4.02. The van der Waals surface area contributed by atoms with Gasteiger partial charge in [0.05, 0.1) is 12.2 Å². The molecule has 0 fully saturated rings. The van der Waals surface area contributed by atoms with E-state index in [9.17, 15) is 0 Å². The van der Waals surface area contributed by atoms with Crippen LogP contribution in [0.5, 0.6) is 0 Å². The van der Waals surface area contributed by atoms with Crippen molar-refractivity contribution in [2.24, 2.45) is 0 Å². The molecule has 0 bridgehead atoms. The number of aromatic nitrogens is 1. The number of hydrogen-bond acceptors (Lipinski definition) is 4. The van der Waals surface area contributed by atoms with Crippen molar-refractivity contribution in [3.63, 3.8) is 0 Å². The van der Waals surface area contributed by atoms with Crippen molar-refractivity contribution >= 4 is 21.4 Å². The Hall–Kier alpha value is -1.10. The van der Waals surface area contributed by atoms with E-state index >= 15 is 0 Å². The van der Waals surface area contributed by atoms with Crippen LogP contribution in [0.3, 0.4) is 0 Å². The molecule has 2 atom stereocenters. The predicted octanol–water partition coefficient (Wildman–Crippen LogP) is 3.90. The Morgan fingerprint density at radius 1 is 1.04 bits per heavy atom. The third-order valence-electron chi connectivity index (χ3n) is 2.93. The first-order valence-corrected chi connectivity index (χ1v) is 8.06. The normalized spacial score (nSPS) is 12.7. The zero-order chi connectivity index (χ0) is 15.9. The first-order valence-electron chi connectivity index (χ1n) is 7.24. The van der Waals surface area contributed by atoms with Crippen LogP contribution in [0.15, 0.2) is 48.7 Å². The Balaban J connectivity index is 0.000000287. The van der Waals surface area contributed by atoms with Gasteiger partial charge in [0, 0.05) is 32.0 Å². The maximum absolute atomic E-state index is 8.56. The molecule has 2 aromatic heterocycles. The van der Waals surface area contributed by atoms with Gasteiger partial charge in [-0.25, -0.2) is 11.3 Å². The molecule has 23 heavy (non-hydrogen) atoms. The number of aliphatic hydroxyl groups excluding tert-OH is 2. The van der Waals surface area contributed by atoms with Gasteiger partial charge >= 0.3 is 0 Å². The summed E-state index contributed by atoms with van der Waals surface area (Å²) >= 11 is 1.73. The van der Waals surface area contributed by atoms with E-state index in [0.29, 0.717) is 6.42 Å². The van der Waals surface area contributed by atoms with Crippen LogP contribution >= 0.6 is 11.3 Å². The topological polar surface area (TPSA) is 53.4 Å². The Labute approximate surface area is 154 Å². The number of aliphatic hydroxyl groups is 2. The summed E-state index contributed by atoms with van der Waals surface area (Å²) in [6.45, 7) is 3.32. The van der Waals surface area contributed by atoms with Crippen LogP contribution < -0.4 is 0 Å². The van der Waals surface area contributed by atoms with E-state index in [1.807, 2.05) is 30.5 Å². The van der Waals surface area contributed by atoms with Gasteiger partial charge < -0.3 is 15.2 Å². The summed E-state index contributed by atoms with van der Waals surface area (Å²) in [7, 11) is 0. The molecule has 1 aromatic carbocycles. The van der Waals surface area contributed by atoms with Gasteiger partial charge in [-0.1, -0.05) is 24.3 Å². The van der Waals surface area contributed by atoms with E-state index in [-0.39, 0.29) is 32.3 Å². The average molecular weight is 507 g/mol. The molecule has 0 aliphatic carbocycles. The second-order valence-electron chi connectivity index (χ2n) is 5.20. The number of rotatable bonds is 3. The maximum Gasteiger partial charge on any atom is 0.0536 e. The summed E-state index contributed by atoms with van der Waals surface area (Å²) < 4.78 is 1.26. The fourth-order valence-corrected chi connectivity index (χ4v) is 3.01. The summed E-state index contributed by atoms with van der Waals surface area (Å²) in [5.74, 6) is 0. The molecule has 5 heteroatoms. The van der Waals surface area contributed by atoms with Crippen LogP contribution in [0, 0.1) is 6.07 Å². The quantitative estimate of drug-likeness (QED) is 0.530. The Kier molecular flexibility index (Phi) is 8.59. The van der Waals surface area contributed by atoms with Gasteiger partial charge in [-0.15, -0.1) is 23.6 Å². The number of hydrogen-bond donors (Lipinski definition) is 2. The summed E-state index contributed by atoms with van der Waals surface area (Å²) in [5.41, 5.74) is 0.999. The molecule has 3 rings (SSSR count). The molecule has 2 N–H and O–H groups in total. The number of pyridine rings is 1. The fourth-order valence-electron chi connectivity index (χ4n) is 2.02. The van der Waals surface area contributed by atoms with Gasteiger partial charge in [0.15, 0.2) is 0 Å². The Morgan fingerprint density at radius 2 is 1.70 bits per heavy atom. The molecule has 2 heterocycles. The van der Waals surface area contributed by atoms with E-state index in [1.54, 1.807) is 25.2 Å². The molecule has 125 valence electrons. The molecule has 0 spiro atoms. The standard InChI is InChI=1S/C13H8NS.C5H12O2.Ir/c1-2-7-12-10(5-1)9-13(15-12)11-6-3-4-8-14-11;1-4(6)3-5(2)7;/h1-8H;4-7H,3H2,1-2H3;/q-1;;. The summed E-state index contributed by atoms with van der Waals surface area (Å²) in [6.07, 6.45) is 1.54. The molecular formula is C18H20IrNO2S-.